The molecule has 0 radical (unpaired) electrons. The minimum atomic E-state index is -4.07. The average Bonchev–Trinajstić information content (AvgIpc) is 3.50. The molecule has 0 spiro atoms. The Morgan fingerprint density at radius 1 is 1.06 bits per heavy atom. The van der Waals surface area contributed by atoms with Crippen LogP contribution in [-0.2, 0) is 34.2 Å². The summed E-state index contributed by atoms with van der Waals surface area (Å²) in [4.78, 5) is 42.2. The van der Waals surface area contributed by atoms with E-state index in [2.05, 4.69) is 30.8 Å². The monoisotopic (exact) mass is 712 g/mol. The first-order chi connectivity index (χ1) is 23.4. The zero-order chi connectivity index (χ0) is 35.6. The molecule has 1 aliphatic rings. The van der Waals surface area contributed by atoms with Crippen molar-refractivity contribution in [3.63, 3.8) is 0 Å². The molecule has 0 bridgehead atoms. The van der Waals surface area contributed by atoms with Crippen molar-refractivity contribution in [3.05, 3.63) is 86.2 Å². The average molecular weight is 713 g/mol. The number of carbonyl (C=O) groups is 2. The highest BCUT2D eigenvalue weighted by Crippen LogP contribution is 2.32. The Bertz CT molecular complexity index is 1660. The number of carbonyl (C=O) groups excluding carboxylic acids is 2. The van der Waals surface area contributed by atoms with Gasteiger partial charge in [-0.05, 0) is 61.3 Å². The lowest BCUT2D eigenvalue weighted by molar-refractivity contribution is -0.125. The molecule has 3 amide bonds. The SMILES string of the molecule is CC[C@H](C)[C@H](NC(=O)NC(C)c1csc(C)n1)C(=O)N[C@@H](Cc1ccccc1)[C@H](O)CNS(=O)(=O)c1ccc(CN=O)cc1CC1CCC1. The molecule has 1 aromatic heterocycles. The van der Waals surface area contributed by atoms with Crippen molar-refractivity contribution in [2.45, 2.75) is 102 Å². The third-order valence-corrected chi connectivity index (χ3v) is 11.5. The van der Waals surface area contributed by atoms with E-state index in [1.807, 2.05) is 63.4 Å². The van der Waals surface area contributed by atoms with Crippen molar-refractivity contribution in [2.75, 3.05) is 6.54 Å². The van der Waals surface area contributed by atoms with Crippen molar-refractivity contribution in [1.82, 2.24) is 25.7 Å². The van der Waals surface area contributed by atoms with Crippen molar-refractivity contribution < 1.29 is 23.1 Å². The molecule has 1 unspecified atom stereocenters. The number of aromatic nitrogens is 1. The molecular weight excluding hydrogens is 665 g/mol. The van der Waals surface area contributed by atoms with Gasteiger partial charge in [0.15, 0.2) is 0 Å². The number of benzene rings is 2. The maximum Gasteiger partial charge on any atom is 0.315 e. The Morgan fingerprint density at radius 3 is 2.41 bits per heavy atom. The van der Waals surface area contributed by atoms with Crippen LogP contribution in [0.15, 0.2) is 64.0 Å². The molecule has 5 N–H and O–H groups in total. The second-order valence-electron chi connectivity index (χ2n) is 12.9. The number of thiazole rings is 1. The number of sulfonamides is 1. The molecule has 2 aromatic carbocycles. The minimum absolute atomic E-state index is 0.0519. The molecule has 0 saturated heterocycles. The van der Waals surface area contributed by atoms with E-state index >= 15 is 0 Å². The molecule has 49 heavy (non-hydrogen) atoms. The summed E-state index contributed by atoms with van der Waals surface area (Å²) in [5.41, 5.74) is 2.80. The molecule has 266 valence electrons. The summed E-state index contributed by atoms with van der Waals surface area (Å²) in [5, 5.41) is 25.7. The third-order valence-electron chi connectivity index (χ3n) is 9.18. The Kier molecular flexibility index (Phi) is 13.8. The summed E-state index contributed by atoms with van der Waals surface area (Å²) in [7, 11) is -4.07. The van der Waals surface area contributed by atoms with Crippen LogP contribution in [0, 0.1) is 23.7 Å². The van der Waals surface area contributed by atoms with Gasteiger partial charge in [-0.2, -0.15) is 4.91 Å². The fraction of sp³-hybridized carbons (Fsp3) is 0.514. The topological polar surface area (TPSA) is 179 Å². The number of aryl methyl sites for hydroxylation is 1. The molecule has 1 saturated carbocycles. The summed E-state index contributed by atoms with van der Waals surface area (Å²) in [6.07, 6.45) is 3.20. The van der Waals surface area contributed by atoms with E-state index in [1.165, 1.54) is 17.4 Å². The van der Waals surface area contributed by atoms with E-state index in [0.717, 1.165) is 35.5 Å². The van der Waals surface area contributed by atoms with E-state index in [9.17, 15) is 28.0 Å². The van der Waals surface area contributed by atoms with Gasteiger partial charge in [-0.1, -0.05) is 87.2 Å². The number of aliphatic hydroxyl groups is 1. The largest absolute Gasteiger partial charge is 0.390 e. The molecule has 3 aromatic rings. The summed E-state index contributed by atoms with van der Waals surface area (Å²) in [6, 6.07) is 11.3. The van der Waals surface area contributed by atoms with Crippen molar-refractivity contribution in [3.8, 4) is 0 Å². The molecule has 1 aliphatic carbocycles. The second kappa shape index (κ2) is 17.8. The van der Waals surface area contributed by atoms with Crippen molar-refractivity contribution in [1.29, 1.82) is 0 Å². The van der Waals surface area contributed by atoms with Gasteiger partial charge in [0.2, 0.25) is 15.9 Å². The van der Waals surface area contributed by atoms with Crippen LogP contribution in [0.2, 0.25) is 0 Å². The van der Waals surface area contributed by atoms with Crippen molar-refractivity contribution >= 4 is 33.3 Å². The lowest BCUT2D eigenvalue weighted by Gasteiger charge is -2.30. The maximum absolute atomic E-state index is 13.8. The number of amides is 3. The predicted octanol–water partition coefficient (Wildman–Crippen LogP) is 4.90. The van der Waals surface area contributed by atoms with E-state index < -0.39 is 40.1 Å². The van der Waals surface area contributed by atoms with Gasteiger partial charge >= 0.3 is 6.03 Å². The summed E-state index contributed by atoms with van der Waals surface area (Å²) in [5.74, 6) is -0.368. The van der Waals surface area contributed by atoms with E-state index in [-0.39, 0.29) is 36.4 Å². The Morgan fingerprint density at radius 2 is 1.80 bits per heavy atom. The highest BCUT2D eigenvalue weighted by molar-refractivity contribution is 7.89. The molecule has 5 atom stereocenters. The van der Waals surface area contributed by atoms with Crippen LogP contribution >= 0.6 is 11.3 Å². The highest BCUT2D eigenvalue weighted by atomic mass is 32.2. The predicted molar refractivity (Wildman–Crippen MR) is 190 cm³/mol. The fourth-order valence-electron chi connectivity index (χ4n) is 5.81. The van der Waals surface area contributed by atoms with Gasteiger partial charge < -0.3 is 21.1 Å². The summed E-state index contributed by atoms with van der Waals surface area (Å²) in [6.45, 7) is 7.04. The van der Waals surface area contributed by atoms with Crippen LogP contribution in [0.4, 0.5) is 4.79 Å². The zero-order valence-electron chi connectivity index (χ0n) is 28.5. The molecule has 0 aliphatic heterocycles. The number of hydrogen-bond acceptors (Lipinski definition) is 9. The van der Waals surface area contributed by atoms with Crippen LogP contribution in [0.5, 0.6) is 0 Å². The van der Waals surface area contributed by atoms with Gasteiger partial charge in [-0.3, -0.25) is 4.79 Å². The minimum Gasteiger partial charge on any atom is -0.390 e. The van der Waals surface area contributed by atoms with Crippen LogP contribution < -0.4 is 20.7 Å². The lowest BCUT2D eigenvalue weighted by atomic mass is 9.81. The first-order valence-corrected chi connectivity index (χ1v) is 19.2. The van der Waals surface area contributed by atoms with E-state index in [4.69, 9.17) is 0 Å². The molecule has 1 heterocycles. The number of hydrogen-bond donors (Lipinski definition) is 5. The number of nitrogens with one attached hydrogen (secondary N) is 4. The Balaban J connectivity index is 1.49. The third kappa shape index (κ3) is 10.9. The summed E-state index contributed by atoms with van der Waals surface area (Å²) < 4.78 is 29.8. The van der Waals surface area contributed by atoms with E-state index in [0.29, 0.717) is 29.9 Å². The van der Waals surface area contributed by atoms with Gasteiger partial charge in [0.1, 0.15) is 12.6 Å². The quantitative estimate of drug-likeness (QED) is 0.116. The van der Waals surface area contributed by atoms with Gasteiger partial charge in [-0.15, -0.1) is 11.3 Å². The highest BCUT2D eigenvalue weighted by Gasteiger charge is 2.32. The van der Waals surface area contributed by atoms with Gasteiger partial charge in [-0.25, -0.2) is 22.9 Å². The second-order valence-corrected chi connectivity index (χ2v) is 15.7. The first-order valence-electron chi connectivity index (χ1n) is 16.8. The maximum atomic E-state index is 13.8. The van der Waals surface area contributed by atoms with Crippen LogP contribution in [0.1, 0.15) is 79.9 Å². The van der Waals surface area contributed by atoms with Gasteiger partial charge in [0.05, 0.1) is 33.8 Å². The number of aliphatic hydroxyl groups excluding tert-OH is 1. The van der Waals surface area contributed by atoms with Crippen LogP contribution in [-0.4, -0.2) is 55.2 Å². The normalized spacial score (nSPS) is 16.4. The van der Waals surface area contributed by atoms with Gasteiger partial charge in [0.25, 0.3) is 0 Å². The lowest BCUT2D eigenvalue weighted by Crippen LogP contribution is -2.58. The molecule has 12 nitrogen and oxygen atoms in total. The van der Waals surface area contributed by atoms with Gasteiger partial charge in [0, 0.05) is 11.9 Å². The molecule has 14 heteroatoms. The number of urea groups is 1. The molecule has 4 rings (SSSR count). The first kappa shape index (κ1) is 38.1. The zero-order valence-corrected chi connectivity index (χ0v) is 30.1. The Hall–Kier alpha value is -3.72. The molecular formula is C35H48N6O6S2. The van der Waals surface area contributed by atoms with E-state index in [1.54, 1.807) is 12.1 Å². The number of rotatable bonds is 18. The fourth-order valence-corrected chi connectivity index (χ4v) is 7.80. The van der Waals surface area contributed by atoms with Crippen LogP contribution in [0.3, 0.4) is 0 Å². The van der Waals surface area contributed by atoms with Crippen LogP contribution in [0.25, 0.3) is 0 Å². The number of nitroso groups, excluding NO2 is 1. The molecule has 1 fully saturated rings. The summed E-state index contributed by atoms with van der Waals surface area (Å²) >= 11 is 1.48. The number of nitrogens with zero attached hydrogens (tertiary/aromatic N) is 2. The Labute approximate surface area is 292 Å². The van der Waals surface area contributed by atoms with Crippen molar-refractivity contribution in [2.24, 2.45) is 17.0 Å². The smallest absolute Gasteiger partial charge is 0.315 e. The standard InChI is InChI=1S/C35H48N6O6S2/c1-5-22(2)33(41-35(44)38-23(3)30-21-48-24(4)39-30)34(43)40-29(18-26-10-7-6-8-11-26)31(42)20-37-49(46,47)32-15-14-27(19-36-45)17-28(32)16-25-12-9-13-25/h6-8,10-11,14-15,17,21-23,25,29,31,33,37,42H,5,9,12-13,16,18-20H2,1-4H3,(H,40,43)(H2,38,41,44)/t22-,23?,29-,31+,33-/m0/s1.